The molecule has 0 amide bonds. The lowest BCUT2D eigenvalue weighted by molar-refractivity contribution is 0.416. The fourth-order valence-electron chi connectivity index (χ4n) is 2.04. The lowest BCUT2D eigenvalue weighted by Crippen LogP contribution is -2.03. The van der Waals surface area contributed by atoms with Gasteiger partial charge >= 0.3 is 0 Å². The number of benzene rings is 1. The molecular weight excluding hydrogens is 226 g/mol. The number of aromatic nitrogens is 2. The Hall–Kier alpha value is -1.81. The van der Waals surface area contributed by atoms with Crippen molar-refractivity contribution in [3.63, 3.8) is 0 Å². The molecule has 96 valence electrons. The van der Waals surface area contributed by atoms with Crippen LogP contribution in [0.15, 0.2) is 18.3 Å². The standard InChI is InChI=1S/C14H19N3O/c1-9-6-12(13(18-3)7-10(9)2)14-11(4-5-15)8-16-17-14/h6-8H,4-5,15H2,1-3H3,(H,16,17). The van der Waals surface area contributed by atoms with E-state index in [0.717, 1.165) is 29.0 Å². The van der Waals surface area contributed by atoms with E-state index in [1.165, 1.54) is 11.1 Å². The van der Waals surface area contributed by atoms with Crippen molar-refractivity contribution in [2.45, 2.75) is 20.3 Å². The Kier molecular flexibility index (Phi) is 3.67. The Morgan fingerprint density at radius 1 is 1.28 bits per heavy atom. The zero-order valence-electron chi connectivity index (χ0n) is 11.1. The molecule has 1 heterocycles. The first-order chi connectivity index (χ1) is 8.67. The molecule has 2 aromatic rings. The molecule has 3 N–H and O–H groups in total. The van der Waals surface area contributed by atoms with Gasteiger partial charge in [0.2, 0.25) is 0 Å². The van der Waals surface area contributed by atoms with Gasteiger partial charge in [-0.1, -0.05) is 0 Å². The third kappa shape index (κ3) is 2.24. The summed E-state index contributed by atoms with van der Waals surface area (Å²) in [6.45, 7) is 4.78. The van der Waals surface area contributed by atoms with Crippen molar-refractivity contribution in [2.24, 2.45) is 5.73 Å². The van der Waals surface area contributed by atoms with Gasteiger partial charge < -0.3 is 10.5 Å². The van der Waals surface area contributed by atoms with Gasteiger partial charge in [-0.25, -0.2) is 0 Å². The van der Waals surface area contributed by atoms with Gasteiger partial charge in [-0.15, -0.1) is 0 Å². The summed E-state index contributed by atoms with van der Waals surface area (Å²) in [6, 6.07) is 4.18. The van der Waals surface area contributed by atoms with Crippen LogP contribution < -0.4 is 10.5 Å². The number of methoxy groups -OCH3 is 1. The molecule has 0 radical (unpaired) electrons. The number of hydrogen-bond donors (Lipinski definition) is 2. The van der Waals surface area contributed by atoms with E-state index in [4.69, 9.17) is 10.5 Å². The fourth-order valence-corrected chi connectivity index (χ4v) is 2.04. The average molecular weight is 245 g/mol. The number of nitrogens with zero attached hydrogens (tertiary/aromatic N) is 1. The lowest BCUT2D eigenvalue weighted by Gasteiger charge is -2.12. The van der Waals surface area contributed by atoms with E-state index >= 15 is 0 Å². The van der Waals surface area contributed by atoms with E-state index < -0.39 is 0 Å². The average Bonchev–Trinajstić information content (AvgIpc) is 2.80. The predicted molar refractivity (Wildman–Crippen MR) is 72.8 cm³/mol. The van der Waals surface area contributed by atoms with Gasteiger partial charge in [0.25, 0.3) is 0 Å². The van der Waals surface area contributed by atoms with E-state index in [9.17, 15) is 0 Å². The summed E-state index contributed by atoms with van der Waals surface area (Å²) in [5.41, 5.74) is 11.2. The van der Waals surface area contributed by atoms with Crippen LogP contribution in [-0.2, 0) is 6.42 Å². The van der Waals surface area contributed by atoms with Gasteiger partial charge in [0.15, 0.2) is 0 Å². The van der Waals surface area contributed by atoms with E-state index in [0.29, 0.717) is 6.54 Å². The second kappa shape index (κ2) is 5.23. The van der Waals surface area contributed by atoms with E-state index in [2.05, 4.69) is 36.2 Å². The van der Waals surface area contributed by atoms with Gasteiger partial charge in [-0.2, -0.15) is 5.10 Å². The SMILES string of the molecule is COc1cc(C)c(C)cc1-c1[nH]ncc1CCN. The van der Waals surface area contributed by atoms with Crippen LogP contribution in [0.4, 0.5) is 0 Å². The summed E-state index contributed by atoms with van der Waals surface area (Å²) < 4.78 is 5.46. The molecule has 2 rings (SSSR count). The molecule has 4 nitrogen and oxygen atoms in total. The first-order valence-corrected chi connectivity index (χ1v) is 6.05. The maximum atomic E-state index is 5.62. The summed E-state index contributed by atoms with van der Waals surface area (Å²) >= 11 is 0. The quantitative estimate of drug-likeness (QED) is 0.868. The van der Waals surface area contributed by atoms with Crippen LogP contribution in [0.5, 0.6) is 5.75 Å². The highest BCUT2D eigenvalue weighted by molar-refractivity contribution is 5.71. The first-order valence-electron chi connectivity index (χ1n) is 6.05. The molecule has 0 aliphatic rings. The first kappa shape index (κ1) is 12.6. The fraction of sp³-hybridized carbons (Fsp3) is 0.357. The number of ether oxygens (including phenoxy) is 1. The zero-order valence-corrected chi connectivity index (χ0v) is 11.1. The second-order valence-corrected chi connectivity index (χ2v) is 4.45. The van der Waals surface area contributed by atoms with E-state index in [1.807, 2.05) is 6.20 Å². The van der Waals surface area contributed by atoms with Crippen LogP contribution in [-0.4, -0.2) is 23.9 Å². The maximum Gasteiger partial charge on any atom is 0.128 e. The second-order valence-electron chi connectivity index (χ2n) is 4.45. The van der Waals surface area contributed by atoms with Gasteiger partial charge in [0, 0.05) is 5.56 Å². The topological polar surface area (TPSA) is 63.9 Å². The molecule has 0 atom stereocenters. The summed E-state index contributed by atoms with van der Waals surface area (Å²) in [7, 11) is 1.69. The number of aryl methyl sites for hydroxylation is 2. The summed E-state index contributed by atoms with van der Waals surface area (Å²) in [6.07, 6.45) is 2.64. The third-order valence-electron chi connectivity index (χ3n) is 3.22. The van der Waals surface area contributed by atoms with Crippen LogP contribution in [0.25, 0.3) is 11.3 Å². The number of nitrogens with one attached hydrogen (secondary N) is 1. The molecule has 0 fully saturated rings. The van der Waals surface area contributed by atoms with Crippen molar-refractivity contribution in [3.05, 3.63) is 35.0 Å². The highest BCUT2D eigenvalue weighted by Crippen LogP contribution is 2.33. The molecule has 1 aromatic heterocycles. The monoisotopic (exact) mass is 245 g/mol. The van der Waals surface area contributed by atoms with Gasteiger partial charge in [0.1, 0.15) is 5.75 Å². The molecule has 0 bridgehead atoms. The molecule has 0 spiro atoms. The highest BCUT2D eigenvalue weighted by atomic mass is 16.5. The number of H-pyrrole nitrogens is 1. The summed E-state index contributed by atoms with van der Waals surface area (Å²) in [5.74, 6) is 0.862. The molecular formula is C14H19N3O. The molecule has 0 unspecified atom stereocenters. The van der Waals surface area contributed by atoms with Crippen LogP contribution in [0.2, 0.25) is 0 Å². The largest absolute Gasteiger partial charge is 0.496 e. The minimum atomic E-state index is 0.611. The van der Waals surface area contributed by atoms with E-state index in [1.54, 1.807) is 7.11 Å². The van der Waals surface area contributed by atoms with Crippen molar-refractivity contribution in [1.82, 2.24) is 10.2 Å². The van der Waals surface area contributed by atoms with Crippen LogP contribution in [0, 0.1) is 13.8 Å². The van der Waals surface area contributed by atoms with Crippen molar-refractivity contribution < 1.29 is 4.74 Å². The highest BCUT2D eigenvalue weighted by Gasteiger charge is 2.13. The summed E-state index contributed by atoms with van der Waals surface area (Å²) in [4.78, 5) is 0. The smallest absolute Gasteiger partial charge is 0.128 e. The van der Waals surface area contributed by atoms with Crippen molar-refractivity contribution in [2.75, 3.05) is 13.7 Å². The minimum Gasteiger partial charge on any atom is -0.496 e. The van der Waals surface area contributed by atoms with Crippen LogP contribution in [0.3, 0.4) is 0 Å². The van der Waals surface area contributed by atoms with Gasteiger partial charge in [0.05, 0.1) is 19.0 Å². The number of aromatic amines is 1. The molecule has 0 aliphatic heterocycles. The molecule has 0 saturated carbocycles. The zero-order chi connectivity index (χ0) is 13.1. The third-order valence-corrected chi connectivity index (χ3v) is 3.22. The normalized spacial score (nSPS) is 10.7. The Morgan fingerprint density at radius 3 is 2.67 bits per heavy atom. The number of hydrogen-bond acceptors (Lipinski definition) is 3. The van der Waals surface area contributed by atoms with Gasteiger partial charge in [-0.05, 0) is 55.6 Å². The molecule has 4 heteroatoms. The Morgan fingerprint density at radius 2 is 2.00 bits per heavy atom. The Balaban J connectivity index is 2.55. The molecule has 0 aliphatic carbocycles. The maximum absolute atomic E-state index is 5.62. The van der Waals surface area contributed by atoms with Crippen molar-refractivity contribution in [1.29, 1.82) is 0 Å². The molecule has 1 aromatic carbocycles. The summed E-state index contributed by atoms with van der Waals surface area (Å²) in [5, 5.41) is 7.15. The minimum absolute atomic E-state index is 0.611. The van der Waals surface area contributed by atoms with E-state index in [-0.39, 0.29) is 0 Å². The predicted octanol–water partition coefficient (Wildman–Crippen LogP) is 2.20. The lowest BCUT2D eigenvalue weighted by atomic mass is 10.00. The van der Waals surface area contributed by atoms with Gasteiger partial charge in [-0.3, -0.25) is 5.10 Å². The number of rotatable bonds is 4. The number of nitrogens with two attached hydrogens (primary N) is 1. The molecule has 0 saturated heterocycles. The van der Waals surface area contributed by atoms with Crippen molar-refractivity contribution in [3.8, 4) is 17.0 Å². The Labute approximate surface area is 107 Å². The van der Waals surface area contributed by atoms with Crippen LogP contribution in [0.1, 0.15) is 16.7 Å². The Bertz CT molecular complexity index is 546. The molecule has 18 heavy (non-hydrogen) atoms. The van der Waals surface area contributed by atoms with Crippen LogP contribution >= 0.6 is 0 Å². The van der Waals surface area contributed by atoms with Crippen molar-refractivity contribution >= 4 is 0 Å².